The van der Waals surface area contributed by atoms with Crippen LogP contribution < -0.4 is 5.43 Å². The first-order valence-electron chi connectivity index (χ1n) is 7.24. The van der Waals surface area contributed by atoms with Crippen molar-refractivity contribution >= 4 is 14.4 Å². The van der Waals surface area contributed by atoms with E-state index < -0.39 is 13.9 Å². The molecular weight excluding hydrogens is 272 g/mol. The third-order valence-corrected chi connectivity index (χ3v) is 8.31. The molecule has 0 bridgehead atoms. The Kier molecular flexibility index (Phi) is 4.94. The fourth-order valence-corrected chi connectivity index (χ4v) is 3.02. The second kappa shape index (κ2) is 5.65. The van der Waals surface area contributed by atoms with Crippen LogP contribution in [0.5, 0.6) is 0 Å². The molecule has 1 aliphatic rings. The van der Waals surface area contributed by atoms with E-state index in [0.29, 0.717) is 13.1 Å². The minimum atomic E-state index is -1.80. The Labute approximate surface area is 124 Å². The summed E-state index contributed by atoms with van der Waals surface area (Å²) in [7, 11) is -1.80. The van der Waals surface area contributed by atoms with Crippen LogP contribution in [0.3, 0.4) is 0 Å². The lowest BCUT2D eigenvalue weighted by molar-refractivity contribution is 0.0194. The predicted octanol–water partition coefficient (Wildman–Crippen LogP) is 3.13. The summed E-state index contributed by atoms with van der Waals surface area (Å²) < 4.78 is 11.6. The minimum Gasteiger partial charge on any atom is -0.443 e. The standard InChI is InChI=1S/C14H30N2O3Si/c1-13(2,3)18-12(17)16-10-11(9-15-16)19-20(7,8)14(4,5)6/h11,15H,9-10H2,1-8H3/t11-/m0/s1. The van der Waals surface area contributed by atoms with Crippen molar-refractivity contribution in [3.05, 3.63) is 0 Å². The van der Waals surface area contributed by atoms with Crippen molar-refractivity contribution in [2.24, 2.45) is 0 Å². The number of amides is 1. The topological polar surface area (TPSA) is 50.8 Å². The summed E-state index contributed by atoms with van der Waals surface area (Å²) >= 11 is 0. The van der Waals surface area contributed by atoms with Gasteiger partial charge < -0.3 is 9.16 Å². The van der Waals surface area contributed by atoms with E-state index in [1.54, 1.807) is 0 Å². The highest BCUT2D eigenvalue weighted by atomic mass is 28.4. The van der Waals surface area contributed by atoms with Gasteiger partial charge in [0, 0.05) is 6.54 Å². The predicted molar refractivity (Wildman–Crippen MR) is 83.0 cm³/mol. The van der Waals surface area contributed by atoms with E-state index in [4.69, 9.17) is 9.16 Å². The lowest BCUT2D eigenvalue weighted by Crippen LogP contribution is -2.45. The van der Waals surface area contributed by atoms with E-state index in [9.17, 15) is 4.79 Å². The van der Waals surface area contributed by atoms with Crippen molar-refractivity contribution in [2.45, 2.75) is 71.4 Å². The molecular formula is C14H30N2O3Si. The van der Waals surface area contributed by atoms with Crippen LogP contribution in [0.4, 0.5) is 4.79 Å². The first kappa shape index (κ1) is 17.5. The van der Waals surface area contributed by atoms with E-state index >= 15 is 0 Å². The molecule has 0 aliphatic carbocycles. The molecule has 0 saturated carbocycles. The number of rotatable bonds is 2. The van der Waals surface area contributed by atoms with Gasteiger partial charge in [0.1, 0.15) is 5.60 Å². The molecule has 1 fully saturated rings. The Balaban J connectivity index is 2.54. The normalized spacial score (nSPS) is 21.2. The lowest BCUT2D eigenvalue weighted by Gasteiger charge is -2.38. The summed E-state index contributed by atoms with van der Waals surface area (Å²) in [6, 6.07) is 0. The van der Waals surface area contributed by atoms with Gasteiger partial charge in [-0.05, 0) is 38.9 Å². The third kappa shape index (κ3) is 4.75. The Morgan fingerprint density at radius 2 is 1.75 bits per heavy atom. The van der Waals surface area contributed by atoms with Crippen LogP contribution in [-0.4, -0.2) is 44.2 Å². The Bertz CT molecular complexity index is 358. The fraction of sp³-hybridized carbons (Fsp3) is 0.929. The number of hydrazine groups is 1. The second-order valence-electron chi connectivity index (χ2n) is 7.95. The van der Waals surface area contributed by atoms with Crippen LogP contribution >= 0.6 is 0 Å². The monoisotopic (exact) mass is 302 g/mol. The molecule has 0 aromatic rings. The van der Waals surface area contributed by atoms with Gasteiger partial charge in [-0.15, -0.1) is 0 Å². The van der Waals surface area contributed by atoms with E-state index in [0.717, 1.165) is 0 Å². The number of carbonyl (C=O) groups is 1. The van der Waals surface area contributed by atoms with E-state index in [1.165, 1.54) is 5.01 Å². The number of hydrogen-bond donors (Lipinski definition) is 1. The molecule has 1 N–H and O–H groups in total. The summed E-state index contributed by atoms with van der Waals surface area (Å²) in [5, 5.41) is 1.69. The van der Waals surface area contributed by atoms with Crippen LogP contribution in [0.25, 0.3) is 0 Å². The molecule has 1 rings (SSSR count). The summed E-state index contributed by atoms with van der Waals surface area (Å²) in [6.45, 7) is 17.9. The molecule has 6 heteroatoms. The van der Waals surface area contributed by atoms with Crippen LogP contribution in [0.1, 0.15) is 41.5 Å². The molecule has 1 atom stereocenters. The molecule has 0 aromatic heterocycles. The summed E-state index contributed by atoms with van der Waals surface area (Å²) in [5.41, 5.74) is 2.58. The average Bonchev–Trinajstić information content (AvgIpc) is 2.60. The van der Waals surface area contributed by atoms with Gasteiger partial charge in [0.15, 0.2) is 8.32 Å². The molecule has 5 nitrogen and oxygen atoms in total. The van der Waals surface area contributed by atoms with Crippen molar-refractivity contribution in [1.29, 1.82) is 0 Å². The first-order chi connectivity index (χ1) is 8.82. The van der Waals surface area contributed by atoms with E-state index in [-0.39, 0.29) is 17.2 Å². The molecule has 1 heterocycles. The number of nitrogens with one attached hydrogen (secondary N) is 1. The Morgan fingerprint density at radius 1 is 1.20 bits per heavy atom. The van der Waals surface area contributed by atoms with E-state index in [1.807, 2.05) is 20.8 Å². The number of ether oxygens (including phenoxy) is 1. The largest absolute Gasteiger partial charge is 0.443 e. The molecule has 1 amide bonds. The van der Waals surface area contributed by atoms with Gasteiger partial charge in [0.2, 0.25) is 0 Å². The number of carbonyl (C=O) groups excluding carboxylic acids is 1. The van der Waals surface area contributed by atoms with Crippen molar-refractivity contribution in [2.75, 3.05) is 13.1 Å². The lowest BCUT2D eigenvalue weighted by atomic mass is 10.2. The molecule has 1 aliphatic heterocycles. The zero-order valence-corrected chi connectivity index (χ0v) is 15.2. The molecule has 0 radical (unpaired) electrons. The Morgan fingerprint density at radius 3 is 2.20 bits per heavy atom. The van der Waals surface area contributed by atoms with Gasteiger partial charge >= 0.3 is 6.09 Å². The van der Waals surface area contributed by atoms with Gasteiger partial charge in [0.25, 0.3) is 0 Å². The summed E-state index contributed by atoms with van der Waals surface area (Å²) in [4.78, 5) is 12.0. The maximum Gasteiger partial charge on any atom is 0.424 e. The highest BCUT2D eigenvalue weighted by Gasteiger charge is 2.41. The SMILES string of the molecule is CC(C)(C)OC(=O)N1C[C@@H](O[Si](C)(C)C(C)(C)C)CN1. The molecule has 118 valence electrons. The third-order valence-electron chi connectivity index (χ3n) is 3.78. The minimum absolute atomic E-state index is 0.0448. The average molecular weight is 302 g/mol. The van der Waals surface area contributed by atoms with Gasteiger partial charge in [-0.25, -0.2) is 15.2 Å². The van der Waals surface area contributed by atoms with Gasteiger partial charge in [-0.2, -0.15) is 0 Å². The molecule has 0 unspecified atom stereocenters. The Hall–Kier alpha value is -0.593. The number of nitrogens with zero attached hydrogens (tertiary/aromatic N) is 1. The highest BCUT2D eigenvalue weighted by Crippen LogP contribution is 2.37. The quantitative estimate of drug-likeness (QED) is 0.796. The summed E-state index contributed by atoms with van der Waals surface area (Å²) in [5.74, 6) is 0. The van der Waals surface area contributed by atoms with Crippen LogP contribution in [0, 0.1) is 0 Å². The van der Waals surface area contributed by atoms with Crippen molar-refractivity contribution < 1.29 is 14.0 Å². The zero-order chi connectivity index (χ0) is 15.8. The van der Waals surface area contributed by atoms with Crippen LogP contribution in [0.2, 0.25) is 18.1 Å². The molecule has 0 spiro atoms. The second-order valence-corrected chi connectivity index (χ2v) is 12.7. The van der Waals surface area contributed by atoms with E-state index in [2.05, 4.69) is 39.3 Å². The first-order valence-corrected chi connectivity index (χ1v) is 10.1. The zero-order valence-electron chi connectivity index (χ0n) is 14.2. The number of hydrogen-bond acceptors (Lipinski definition) is 4. The summed E-state index contributed by atoms with van der Waals surface area (Å²) in [6.07, 6.45) is -0.290. The van der Waals surface area contributed by atoms with Gasteiger partial charge in [-0.3, -0.25) is 0 Å². The van der Waals surface area contributed by atoms with Crippen molar-refractivity contribution in [3.8, 4) is 0 Å². The van der Waals surface area contributed by atoms with Gasteiger partial charge in [-0.1, -0.05) is 20.8 Å². The fourth-order valence-electron chi connectivity index (χ4n) is 1.67. The van der Waals surface area contributed by atoms with Crippen molar-refractivity contribution in [1.82, 2.24) is 10.4 Å². The van der Waals surface area contributed by atoms with Gasteiger partial charge in [0.05, 0.1) is 12.6 Å². The van der Waals surface area contributed by atoms with Crippen molar-refractivity contribution in [3.63, 3.8) is 0 Å². The van der Waals surface area contributed by atoms with Crippen LogP contribution in [0.15, 0.2) is 0 Å². The molecule has 0 aromatic carbocycles. The highest BCUT2D eigenvalue weighted by molar-refractivity contribution is 6.74. The molecule has 1 saturated heterocycles. The smallest absolute Gasteiger partial charge is 0.424 e. The van der Waals surface area contributed by atoms with Crippen LogP contribution in [-0.2, 0) is 9.16 Å². The molecule has 20 heavy (non-hydrogen) atoms. The maximum atomic E-state index is 12.0. The maximum absolute atomic E-state index is 12.0.